The number of rotatable bonds is 13. The van der Waals surface area contributed by atoms with Crippen LogP contribution in [0.4, 0.5) is 5.82 Å². The molecule has 1 unspecified atom stereocenters. The highest BCUT2D eigenvalue weighted by Gasteiger charge is 2.40. The van der Waals surface area contributed by atoms with Gasteiger partial charge in [0.2, 0.25) is 17.7 Å². The Hall–Kier alpha value is -5.87. The maximum absolute atomic E-state index is 13.3. The number of benzene rings is 1. The molecule has 302 valence electrons. The van der Waals surface area contributed by atoms with Crippen LogP contribution in [0, 0.1) is 17.8 Å². The van der Waals surface area contributed by atoms with Gasteiger partial charge in [-0.1, -0.05) is 42.9 Å². The fraction of sp³-hybridized carbons (Fsp3) is 0.444. The Bertz CT molecular complexity index is 2040. The lowest BCUT2D eigenvalue weighted by molar-refractivity contribution is -0.137. The van der Waals surface area contributed by atoms with Crippen LogP contribution in [0.1, 0.15) is 95.2 Å². The van der Waals surface area contributed by atoms with E-state index in [1.54, 1.807) is 35.6 Å². The van der Waals surface area contributed by atoms with E-state index < -0.39 is 11.9 Å². The summed E-state index contributed by atoms with van der Waals surface area (Å²) >= 11 is 0. The summed E-state index contributed by atoms with van der Waals surface area (Å²) in [5.74, 6) is 7.01. The summed E-state index contributed by atoms with van der Waals surface area (Å²) in [6.07, 6.45) is 15.7. The van der Waals surface area contributed by atoms with Crippen molar-refractivity contribution in [2.75, 3.05) is 57.3 Å². The smallest absolute Gasteiger partial charge is 0.256 e. The number of piperidine rings is 2. The number of nitrogens with zero attached hydrogens (tertiary/aromatic N) is 6. The third-order valence-corrected chi connectivity index (χ3v) is 11.6. The molecule has 3 fully saturated rings. The molecule has 13 heteroatoms. The summed E-state index contributed by atoms with van der Waals surface area (Å²) in [5, 5.41) is 5.31. The van der Waals surface area contributed by atoms with Crippen LogP contribution >= 0.6 is 0 Å². The lowest BCUT2D eigenvalue weighted by Gasteiger charge is -2.35. The van der Waals surface area contributed by atoms with Crippen molar-refractivity contribution in [2.45, 2.75) is 70.4 Å². The van der Waals surface area contributed by atoms with Crippen LogP contribution in [-0.4, -0.2) is 113 Å². The first-order chi connectivity index (χ1) is 28.3. The zero-order valence-electron chi connectivity index (χ0n) is 33.0. The number of piperazine rings is 1. The zero-order valence-corrected chi connectivity index (χ0v) is 33.0. The molecule has 4 aliphatic heterocycles. The summed E-state index contributed by atoms with van der Waals surface area (Å²) in [5.41, 5.74) is 3.64. The van der Waals surface area contributed by atoms with E-state index in [1.165, 1.54) is 0 Å². The first-order valence-corrected chi connectivity index (χ1v) is 20.7. The van der Waals surface area contributed by atoms with E-state index in [4.69, 9.17) is 0 Å². The third kappa shape index (κ3) is 10.3. The monoisotopic (exact) mass is 784 g/mol. The van der Waals surface area contributed by atoms with Gasteiger partial charge in [-0.05, 0) is 86.0 Å². The summed E-state index contributed by atoms with van der Waals surface area (Å²) in [7, 11) is 0. The molecule has 0 spiro atoms. The molecule has 5 amide bonds. The highest BCUT2D eigenvalue weighted by atomic mass is 16.2. The van der Waals surface area contributed by atoms with Crippen molar-refractivity contribution < 1.29 is 24.0 Å². The van der Waals surface area contributed by atoms with Crippen LogP contribution in [-0.2, 0) is 20.9 Å². The van der Waals surface area contributed by atoms with Crippen molar-refractivity contribution in [3.05, 3.63) is 94.9 Å². The van der Waals surface area contributed by atoms with Crippen molar-refractivity contribution in [1.82, 2.24) is 35.3 Å². The third-order valence-electron chi connectivity index (χ3n) is 11.6. The SMILES string of the molecule is O=C(/C=C/c1cccnc1)NCCCCC1CCN(C(=O)c2ccc(N3CCN(CCCC#Cc4cccc5c4C(=O)N(C4CCC(=O)NC4=O)C5)CC3)nc2)CC1. The number of hydrogen-bond acceptors (Lipinski definition) is 9. The van der Waals surface area contributed by atoms with Crippen LogP contribution < -0.4 is 15.5 Å². The molecule has 4 aliphatic rings. The van der Waals surface area contributed by atoms with E-state index in [-0.39, 0.29) is 30.0 Å². The van der Waals surface area contributed by atoms with E-state index in [0.29, 0.717) is 48.5 Å². The Kier molecular flexibility index (Phi) is 13.6. The highest BCUT2D eigenvalue weighted by molar-refractivity contribution is 6.06. The number of fused-ring (bicyclic) bond motifs is 1. The van der Waals surface area contributed by atoms with Gasteiger partial charge < -0.3 is 20.0 Å². The molecule has 3 saturated heterocycles. The van der Waals surface area contributed by atoms with Gasteiger partial charge in [-0.25, -0.2) is 4.98 Å². The van der Waals surface area contributed by atoms with Gasteiger partial charge in [0.05, 0.1) is 11.1 Å². The minimum absolute atomic E-state index is 0.0462. The van der Waals surface area contributed by atoms with Gasteiger partial charge in [-0.2, -0.15) is 0 Å². The highest BCUT2D eigenvalue weighted by Crippen LogP contribution is 2.30. The molecule has 1 atom stereocenters. The second-order valence-corrected chi connectivity index (χ2v) is 15.5. The minimum Gasteiger partial charge on any atom is -0.354 e. The minimum atomic E-state index is -0.637. The molecule has 2 N–H and O–H groups in total. The first kappa shape index (κ1) is 40.3. The Labute approximate surface area is 340 Å². The Morgan fingerprint density at radius 2 is 1.76 bits per heavy atom. The van der Waals surface area contributed by atoms with Crippen LogP contribution in [0.2, 0.25) is 0 Å². The average molecular weight is 785 g/mol. The van der Waals surface area contributed by atoms with Crippen LogP contribution in [0.15, 0.2) is 67.1 Å². The van der Waals surface area contributed by atoms with E-state index in [1.807, 2.05) is 47.4 Å². The molecule has 1 aromatic carbocycles. The lowest BCUT2D eigenvalue weighted by atomic mass is 9.91. The number of pyridine rings is 2. The standard InChI is InChI=1S/C45H52N8O5/c54-40(17-13-34-9-7-21-46-30-34)47-22-4-3-8-33-19-24-52(25-20-33)44(57)36-14-16-39(48-31-36)51-28-26-50(27-29-51)23-5-1-2-10-35-11-6-12-37-32-53(45(58)42(35)37)38-15-18-41(55)49-43(38)56/h6-7,9,11-14,16-17,21,30-31,33,38H,1,3-5,8,15,18-20,22-29,32H2,(H,47,54)(H,49,55,56)/b17-13+. The average Bonchev–Trinajstić information content (AvgIpc) is 3.59. The summed E-state index contributed by atoms with van der Waals surface area (Å²) in [4.78, 5) is 79.7. The molecule has 0 saturated carbocycles. The van der Waals surface area contributed by atoms with Crippen LogP contribution in [0.5, 0.6) is 0 Å². The van der Waals surface area contributed by atoms with Crippen molar-refractivity contribution in [1.29, 1.82) is 0 Å². The summed E-state index contributed by atoms with van der Waals surface area (Å²) < 4.78 is 0. The molecule has 2 aromatic heterocycles. The first-order valence-electron chi connectivity index (χ1n) is 20.7. The topological polar surface area (TPSA) is 148 Å². The van der Waals surface area contributed by atoms with E-state index in [2.05, 4.69) is 42.2 Å². The fourth-order valence-electron chi connectivity index (χ4n) is 8.25. The van der Waals surface area contributed by atoms with Crippen molar-refractivity contribution >= 4 is 41.4 Å². The van der Waals surface area contributed by atoms with E-state index >= 15 is 0 Å². The van der Waals surface area contributed by atoms with E-state index in [0.717, 1.165) is 101 Å². The second-order valence-electron chi connectivity index (χ2n) is 15.5. The Morgan fingerprint density at radius 3 is 2.52 bits per heavy atom. The zero-order chi connectivity index (χ0) is 40.3. The number of unbranched alkanes of at least 4 members (excludes halogenated alkanes) is 2. The number of hydrogen-bond donors (Lipinski definition) is 2. The lowest BCUT2D eigenvalue weighted by Crippen LogP contribution is -2.52. The Balaban J connectivity index is 0.769. The van der Waals surface area contributed by atoms with Gasteiger partial charge in [0.1, 0.15) is 11.9 Å². The van der Waals surface area contributed by atoms with Gasteiger partial charge >= 0.3 is 0 Å². The van der Waals surface area contributed by atoms with Crippen molar-refractivity contribution in [3.8, 4) is 11.8 Å². The van der Waals surface area contributed by atoms with Crippen LogP contribution in [0.25, 0.3) is 6.08 Å². The molecule has 58 heavy (non-hydrogen) atoms. The second kappa shape index (κ2) is 19.5. The summed E-state index contributed by atoms with van der Waals surface area (Å²) in [6, 6.07) is 12.6. The van der Waals surface area contributed by atoms with Gasteiger partial charge in [-0.15, -0.1) is 0 Å². The quantitative estimate of drug-likeness (QED) is 0.113. The number of carbonyl (C=O) groups excluding carboxylic acids is 5. The summed E-state index contributed by atoms with van der Waals surface area (Å²) in [6.45, 7) is 7.00. The number of imide groups is 1. The number of aromatic nitrogens is 2. The molecule has 0 bridgehead atoms. The largest absolute Gasteiger partial charge is 0.354 e. The molecular weight excluding hydrogens is 733 g/mol. The molecule has 0 radical (unpaired) electrons. The number of carbonyl (C=O) groups is 5. The maximum Gasteiger partial charge on any atom is 0.256 e. The molecule has 13 nitrogen and oxygen atoms in total. The fourth-order valence-corrected chi connectivity index (χ4v) is 8.25. The van der Waals surface area contributed by atoms with Crippen LogP contribution in [0.3, 0.4) is 0 Å². The number of likely N-dealkylation sites (tertiary alicyclic amines) is 1. The van der Waals surface area contributed by atoms with Gasteiger partial charge in [0.25, 0.3) is 11.8 Å². The van der Waals surface area contributed by atoms with Gasteiger partial charge in [-0.3, -0.25) is 39.2 Å². The number of anilines is 1. The van der Waals surface area contributed by atoms with Crippen molar-refractivity contribution in [3.63, 3.8) is 0 Å². The Morgan fingerprint density at radius 1 is 0.914 bits per heavy atom. The predicted molar refractivity (Wildman–Crippen MR) is 220 cm³/mol. The number of amides is 5. The molecule has 7 rings (SSSR count). The molecule has 6 heterocycles. The number of nitrogens with one attached hydrogen (secondary N) is 2. The van der Waals surface area contributed by atoms with Crippen molar-refractivity contribution in [2.24, 2.45) is 5.92 Å². The normalized spacial score (nSPS) is 18.9. The molecule has 0 aliphatic carbocycles. The molecular formula is C45H52N8O5. The maximum atomic E-state index is 13.3. The molecule has 3 aromatic rings. The van der Waals surface area contributed by atoms with Gasteiger partial charge in [0.15, 0.2) is 0 Å². The van der Waals surface area contributed by atoms with E-state index in [9.17, 15) is 24.0 Å². The predicted octanol–water partition coefficient (Wildman–Crippen LogP) is 4.04. The van der Waals surface area contributed by atoms with Gasteiger partial charge in [0, 0.05) is 95.4 Å².